The number of rotatable bonds is 10. The Hall–Kier alpha value is -0.840. The van der Waals surface area contributed by atoms with Crippen LogP contribution in [0.1, 0.15) is 38.5 Å². The third-order valence-electron chi connectivity index (χ3n) is 11.9. The van der Waals surface area contributed by atoms with E-state index in [-0.39, 0.29) is 32.1 Å². The van der Waals surface area contributed by atoms with Gasteiger partial charge in [-0.3, -0.25) is 0 Å². The highest BCUT2D eigenvalue weighted by Crippen LogP contribution is 2.45. The van der Waals surface area contributed by atoms with Gasteiger partial charge in [0.05, 0.1) is 62.5 Å². The maximum atomic E-state index is 11.2. The third-order valence-corrected chi connectivity index (χ3v) is 11.9. The van der Waals surface area contributed by atoms with Crippen LogP contribution >= 0.6 is 0 Å². The highest BCUT2D eigenvalue weighted by molar-refractivity contribution is 5.01. The first kappa shape index (κ1) is 42.8. The Kier molecular flexibility index (Phi) is 14.2. The van der Waals surface area contributed by atoms with Crippen LogP contribution in [0.2, 0.25) is 0 Å². The molecule has 9 unspecified atom stereocenters. The van der Waals surface area contributed by atoms with Crippen molar-refractivity contribution in [3.8, 4) is 0 Å². The van der Waals surface area contributed by atoms with Crippen molar-refractivity contribution in [2.75, 3.05) is 19.8 Å². The second kappa shape index (κ2) is 18.0. The van der Waals surface area contributed by atoms with E-state index in [1.54, 1.807) is 0 Å². The van der Waals surface area contributed by atoms with Crippen LogP contribution in [0.3, 0.4) is 0 Å². The van der Waals surface area contributed by atoms with E-state index in [4.69, 9.17) is 33.2 Å². The SMILES string of the molecule is OC[C@H]1O[C@@H](OC2CC(O)CC3OC(C4CCC(O)C(O)C4)C(O[C@@H]4O[C@H](CO)[C@@H](O)[C@H](O)[C@H]4O[C@@H]4O[C@H](CO)[C@@H](O)[C@H](O)[C@H]4O)CC32)[C@H](O)[C@@H](O)[C@@H]1O. The van der Waals surface area contributed by atoms with Crippen molar-refractivity contribution in [1.82, 2.24) is 0 Å². The molecule has 4 aliphatic heterocycles. The lowest BCUT2D eigenvalue weighted by Gasteiger charge is -2.53. The number of fused-ring (bicyclic) bond motifs is 1. The molecular formula is C33H56O21. The van der Waals surface area contributed by atoms with Gasteiger partial charge < -0.3 is 105 Å². The topological polar surface area (TPSA) is 348 Å². The summed E-state index contributed by atoms with van der Waals surface area (Å²) in [5.74, 6) is -1.06. The summed E-state index contributed by atoms with van der Waals surface area (Å²) in [6.45, 7) is -2.26. The van der Waals surface area contributed by atoms with Gasteiger partial charge in [-0.25, -0.2) is 0 Å². The lowest BCUT2D eigenvalue weighted by molar-refractivity contribution is -0.380. The summed E-state index contributed by atoms with van der Waals surface area (Å²) in [4.78, 5) is 0. The van der Waals surface area contributed by atoms with Gasteiger partial charge in [0.1, 0.15) is 73.2 Å². The van der Waals surface area contributed by atoms with Crippen LogP contribution in [0.4, 0.5) is 0 Å². The fourth-order valence-electron chi connectivity index (χ4n) is 8.71. The van der Waals surface area contributed by atoms with Crippen molar-refractivity contribution in [2.45, 2.75) is 173 Å². The van der Waals surface area contributed by atoms with Crippen LogP contribution in [0.5, 0.6) is 0 Å². The van der Waals surface area contributed by atoms with E-state index < -0.39 is 167 Å². The molecule has 24 atom stereocenters. The zero-order chi connectivity index (χ0) is 39.2. The second-order valence-corrected chi connectivity index (χ2v) is 15.4. The minimum absolute atomic E-state index is 0.00549. The molecule has 0 spiro atoms. The van der Waals surface area contributed by atoms with Crippen LogP contribution in [0, 0.1) is 11.8 Å². The molecule has 0 radical (unpaired) electrons. The summed E-state index contributed by atoms with van der Waals surface area (Å²) in [5.41, 5.74) is 0. The van der Waals surface area contributed by atoms with Crippen molar-refractivity contribution < 1.29 is 105 Å². The quantitative estimate of drug-likeness (QED) is 0.0977. The smallest absolute Gasteiger partial charge is 0.187 e. The average molecular weight is 789 g/mol. The predicted octanol–water partition coefficient (Wildman–Crippen LogP) is -7.37. The maximum absolute atomic E-state index is 11.2. The normalized spacial score (nSPS) is 54.6. The zero-order valence-corrected chi connectivity index (χ0v) is 29.3. The van der Waals surface area contributed by atoms with E-state index in [9.17, 15) is 71.5 Å². The molecule has 0 aromatic heterocycles. The largest absolute Gasteiger partial charge is 0.394 e. The molecule has 21 nitrogen and oxygen atoms in total. The van der Waals surface area contributed by atoms with E-state index in [1.165, 1.54) is 0 Å². The van der Waals surface area contributed by atoms with Gasteiger partial charge in [0.25, 0.3) is 0 Å². The first-order valence-corrected chi connectivity index (χ1v) is 18.6. The van der Waals surface area contributed by atoms with Crippen molar-refractivity contribution >= 4 is 0 Å². The Morgan fingerprint density at radius 2 is 0.963 bits per heavy atom. The molecule has 4 heterocycles. The van der Waals surface area contributed by atoms with Gasteiger partial charge in [-0.05, 0) is 38.0 Å². The van der Waals surface area contributed by atoms with Crippen molar-refractivity contribution in [3.63, 3.8) is 0 Å². The van der Waals surface area contributed by atoms with Gasteiger partial charge in [-0.2, -0.15) is 0 Å². The van der Waals surface area contributed by atoms with E-state index in [0.29, 0.717) is 6.42 Å². The van der Waals surface area contributed by atoms with E-state index in [2.05, 4.69) is 0 Å². The van der Waals surface area contributed by atoms with Crippen LogP contribution in [-0.2, 0) is 33.2 Å². The van der Waals surface area contributed by atoms with Crippen LogP contribution in [0.25, 0.3) is 0 Å². The molecule has 2 aliphatic carbocycles. The standard InChI is InChI=1S/C33H56O21/c34-7-18-21(40)24(43)27(46)31(51-18)49-16-5-11(37)4-15-12(16)6-17(29(48-15)10-1-2-13(38)14(39)3-10)50-33-30(26(45)23(42)20(9-36)53-33)54-32-28(47)25(44)22(41)19(8-35)52-32/h10-47H,1-9H2/t10?,11?,12?,13?,14?,15?,16?,17?,18-,19-,20-,21-,22-,23-,24+,25+,26+,27-,28-,29?,30-,31-,32+,33-/m1/s1. The summed E-state index contributed by atoms with van der Waals surface area (Å²) in [7, 11) is 0. The Balaban J connectivity index is 1.28. The summed E-state index contributed by atoms with van der Waals surface area (Å²) >= 11 is 0. The van der Waals surface area contributed by atoms with Gasteiger partial charge in [-0.1, -0.05) is 0 Å². The fourth-order valence-corrected chi connectivity index (χ4v) is 8.71. The molecule has 0 bridgehead atoms. The molecule has 21 heteroatoms. The predicted molar refractivity (Wildman–Crippen MR) is 171 cm³/mol. The Labute approximate surface area is 309 Å². The molecule has 0 amide bonds. The van der Waals surface area contributed by atoms with E-state index >= 15 is 0 Å². The first-order chi connectivity index (χ1) is 25.7. The Bertz CT molecular complexity index is 1180. The van der Waals surface area contributed by atoms with Crippen LogP contribution in [0.15, 0.2) is 0 Å². The molecule has 4 saturated heterocycles. The third kappa shape index (κ3) is 8.63. The Morgan fingerprint density at radius 3 is 1.52 bits per heavy atom. The van der Waals surface area contributed by atoms with Crippen LogP contribution in [-0.4, -0.2) is 226 Å². The minimum atomic E-state index is -1.90. The molecule has 0 aromatic carbocycles. The molecule has 54 heavy (non-hydrogen) atoms. The number of hydrogen-bond donors (Lipinski definition) is 14. The lowest BCUT2D eigenvalue weighted by atomic mass is 9.72. The summed E-state index contributed by atoms with van der Waals surface area (Å²) in [6, 6.07) is 0. The van der Waals surface area contributed by atoms with E-state index in [0.717, 1.165) is 0 Å². The van der Waals surface area contributed by atoms with Crippen LogP contribution < -0.4 is 0 Å². The molecule has 6 rings (SSSR count). The summed E-state index contributed by atoms with van der Waals surface area (Å²) in [5, 5.41) is 146. The molecule has 14 N–H and O–H groups in total. The van der Waals surface area contributed by atoms with Crippen molar-refractivity contribution in [3.05, 3.63) is 0 Å². The monoisotopic (exact) mass is 788 g/mol. The van der Waals surface area contributed by atoms with Gasteiger partial charge >= 0.3 is 0 Å². The minimum Gasteiger partial charge on any atom is -0.394 e. The molecule has 2 saturated carbocycles. The fraction of sp³-hybridized carbons (Fsp3) is 1.00. The molecule has 6 aliphatic rings. The number of hydrogen-bond acceptors (Lipinski definition) is 21. The lowest BCUT2D eigenvalue weighted by Crippen LogP contribution is -2.66. The number of aliphatic hydroxyl groups is 14. The van der Waals surface area contributed by atoms with Gasteiger partial charge in [0, 0.05) is 12.3 Å². The Morgan fingerprint density at radius 1 is 0.444 bits per heavy atom. The number of aliphatic hydroxyl groups excluding tert-OH is 14. The van der Waals surface area contributed by atoms with Crippen molar-refractivity contribution in [2.24, 2.45) is 11.8 Å². The first-order valence-electron chi connectivity index (χ1n) is 18.6. The maximum Gasteiger partial charge on any atom is 0.187 e. The van der Waals surface area contributed by atoms with E-state index in [1.807, 2.05) is 0 Å². The summed E-state index contributed by atoms with van der Waals surface area (Å²) < 4.78 is 42.0. The number of ether oxygens (including phenoxy) is 7. The summed E-state index contributed by atoms with van der Waals surface area (Å²) in [6.07, 6.45) is -30.6. The molecule has 0 aromatic rings. The average Bonchev–Trinajstić information content (AvgIpc) is 3.15. The molecule has 314 valence electrons. The van der Waals surface area contributed by atoms with Crippen molar-refractivity contribution in [1.29, 1.82) is 0 Å². The van der Waals surface area contributed by atoms with Gasteiger partial charge in [-0.15, -0.1) is 0 Å². The van der Waals surface area contributed by atoms with Gasteiger partial charge in [0.15, 0.2) is 18.9 Å². The molecule has 6 fully saturated rings. The highest BCUT2D eigenvalue weighted by atomic mass is 16.8. The highest BCUT2D eigenvalue weighted by Gasteiger charge is 2.56. The second-order valence-electron chi connectivity index (χ2n) is 15.4. The zero-order valence-electron chi connectivity index (χ0n) is 29.3. The van der Waals surface area contributed by atoms with Gasteiger partial charge in [0.2, 0.25) is 0 Å². The molecular weight excluding hydrogens is 732 g/mol.